The van der Waals surface area contributed by atoms with Crippen LogP contribution in [0.3, 0.4) is 0 Å². The van der Waals surface area contributed by atoms with Gasteiger partial charge in [0.05, 0.1) is 16.3 Å². The molecule has 0 aliphatic heterocycles. The molecular weight excluding hydrogens is 366 g/mol. The number of nitrogens with zero attached hydrogens (tertiary/aromatic N) is 5. The van der Waals surface area contributed by atoms with Crippen molar-refractivity contribution in [3.05, 3.63) is 59.0 Å². The Hall–Kier alpha value is -2.16. The minimum absolute atomic E-state index is 0.536. The van der Waals surface area contributed by atoms with Crippen molar-refractivity contribution < 1.29 is 4.52 Å². The SMILES string of the molecule is Clc1cccc(-n2cnnc2SCc2noc(-c3cccs3)n2)c1. The number of thiophene rings is 1. The first-order valence-corrected chi connectivity index (χ1v) is 9.19. The maximum absolute atomic E-state index is 6.05. The van der Waals surface area contributed by atoms with Crippen molar-refractivity contribution in [3.63, 3.8) is 0 Å². The Balaban J connectivity index is 1.50. The number of benzene rings is 1. The van der Waals surface area contributed by atoms with Crippen molar-refractivity contribution in [2.24, 2.45) is 0 Å². The Morgan fingerprint density at radius 3 is 3.04 bits per heavy atom. The van der Waals surface area contributed by atoms with Crippen molar-refractivity contribution in [2.75, 3.05) is 0 Å². The first-order valence-electron chi connectivity index (χ1n) is 6.95. The predicted molar refractivity (Wildman–Crippen MR) is 93.5 cm³/mol. The maximum atomic E-state index is 6.05. The van der Waals surface area contributed by atoms with Crippen LogP contribution >= 0.6 is 34.7 Å². The Bertz CT molecular complexity index is 950. The number of thioether (sulfide) groups is 1. The van der Waals surface area contributed by atoms with Crippen LogP contribution in [0.2, 0.25) is 5.02 Å². The van der Waals surface area contributed by atoms with Crippen LogP contribution in [0.5, 0.6) is 0 Å². The average Bonchev–Trinajstić information content (AvgIpc) is 3.33. The fourth-order valence-electron chi connectivity index (χ4n) is 2.07. The van der Waals surface area contributed by atoms with Crippen LogP contribution in [0.25, 0.3) is 16.5 Å². The van der Waals surface area contributed by atoms with Crippen LogP contribution in [-0.4, -0.2) is 24.9 Å². The lowest BCUT2D eigenvalue weighted by Gasteiger charge is -2.05. The fourth-order valence-corrected chi connectivity index (χ4v) is 3.67. The molecule has 120 valence electrons. The summed E-state index contributed by atoms with van der Waals surface area (Å²) >= 11 is 9.09. The standard InChI is InChI=1S/C15H10ClN5OS2/c16-10-3-1-4-11(7-10)21-9-17-19-15(21)24-8-13-18-14(22-20-13)12-5-2-6-23-12/h1-7,9H,8H2. The Kier molecular flexibility index (Phi) is 4.33. The molecule has 0 aliphatic carbocycles. The summed E-state index contributed by atoms with van der Waals surface area (Å²) in [7, 11) is 0. The molecular formula is C15H10ClN5OS2. The molecule has 0 N–H and O–H groups in total. The summed E-state index contributed by atoms with van der Waals surface area (Å²) in [5.41, 5.74) is 0.905. The number of hydrogen-bond donors (Lipinski definition) is 0. The summed E-state index contributed by atoms with van der Waals surface area (Å²) in [5, 5.41) is 15.5. The van der Waals surface area contributed by atoms with Crippen LogP contribution in [0.1, 0.15) is 5.82 Å². The third-order valence-corrected chi connectivity index (χ3v) is 5.17. The molecule has 24 heavy (non-hydrogen) atoms. The molecule has 0 fully saturated rings. The molecule has 0 aliphatic rings. The van der Waals surface area contributed by atoms with E-state index in [0.29, 0.717) is 22.5 Å². The second kappa shape index (κ2) is 6.76. The Morgan fingerprint density at radius 2 is 2.21 bits per heavy atom. The smallest absolute Gasteiger partial charge is 0.268 e. The highest BCUT2D eigenvalue weighted by atomic mass is 35.5. The van der Waals surface area contributed by atoms with Crippen molar-refractivity contribution in [1.82, 2.24) is 24.9 Å². The van der Waals surface area contributed by atoms with E-state index in [1.54, 1.807) is 17.7 Å². The minimum atomic E-state index is 0.536. The van der Waals surface area contributed by atoms with E-state index in [1.165, 1.54) is 11.8 Å². The van der Waals surface area contributed by atoms with E-state index in [4.69, 9.17) is 16.1 Å². The molecule has 3 heterocycles. The lowest BCUT2D eigenvalue weighted by atomic mass is 10.3. The van der Waals surface area contributed by atoms with Gasteiger partial charge in [0.15, 0.2) is 11.0 Å². The lowest BCUT2D eigenvalue weighted by Crippen LogP contribution is -1.95. The molecule has 6 nitrogen and oxygen atoms in total. The van der Waals surface area contributed by atoms with Gasteiger partial charge in [0, 0.05) is 5.02 Å². The maximum Gasteiger partial charge on any atom is 0.268 e. The zero-order valence-corrected chi connectivity index (χ0v) is 14.6. The summed E-state index contributed by atoms with van der Waals surface area (Å²) in [5.74, 6) is 1.69. The highest BCUT2D eigenvalue weighted by molar-refractivity contribution is 7.98. The van der Waals surface area contributed by atoms with Gasteiger partial charge in [-0.25, -0.2) is 0 Å². The summed E-state index contributed by atoms with van der Waals surface area (Å²) in [6.07, 6.45) is 1.65. The van der Waals surface area contributed by atoms with Gasteiger partial charge >= 0.3 is 0 Å². The number of rotatable bonds is 5. The van der Waals surface area contributed by atoms with Gasteiger partial charge < -0.3 is 4.52 Å². The van der Waals surface area contributed by atoms with Gasteiger partial charge in [-0.3, -0.25) is 4.57 Å². The molecule has 4 rings (SSSR count). The molecule has 0 saturated carbocycles. The summed E-state index contributed by atoms with van der Waals surface area (Å²) in [6.45, 7) is 0. The summed E-state index contributed by atoms with van der Waals surface area (Å²) in [4.78, 5) is 5.36. The third kappa shape index (κ3) is 3.21. The molecule has 0 spiro atoms. The van der Waals surface area contributed by atoms with Crippen molar-refractivity contribution in [1.29, 1.82) is 0 Å². The monoisotopic (exact) mass is 375 g/mol. The minimum Gasteiger partial charge on any atom is -0.333 e. The van der Waals surface area contributed by atoms with E-state index >= 15 is 0 Å². The van der Waals surface area contributed by atoms with Gasteiger partial charge in [-0.2, -0.15) is 4.98 Å². The molecule has 1 aromatic carbocycles. The topological polar surface area (TPSA) is 69.6 Å². The third-order valence-electron chi connectivity index (χ3n) is 3.13. The Morgan fingerprint density at radius 1 is 1.25 bits per heavy atom. The van der Waals surface area contributed by atoms with E-state index in [1.807, 2.05) is 46.3 Å². The first-order chi connectivity index (χ1) is 11.8. The fraction of sp³-hybridized carbons (Fsp3) is 0.0667. The second-order valence-corrected chi connectivity index (χ2v) is 7.07. The van der Waals surface area contributed by atoms with E-state index < -0.39 is 0 Å². The van der Waals surface area contributed by atoms with Gasteiger partial charge in [-0.05, 0) is 29.6 Å². The molecule has 0 bridgehead atoms. The lowest BCUT2D eigenvalue weighted by molar-refractivity contribution is 0.426. The van der Waals surface area contributed by atoms with Crippen LogP contribution in [-0.2, 0) is 5.75 Å². The molecule has 3 aromatic heterocycles. The predicted octanol–water partition coefficient (Wildman–Crippen LogP) is 4.32. The molecule has 0 radical (unpaired) electrons. The van der Waals surface area contributed by atoms with Crippen molar-refractivity contribution >= 4 is 34.7 Å². The number of aromatic nitrogens is 5. The van der Waals surface area contributed by atoms with Crippen LogP contribution < -0.4 is 0 Å². The van der Waals surface area contributed by atoms with Gasteiger partial charge in [-0.15, -0.1) is 21.5 Å². The van der Waals surface area contributed by atoms with Gasteiger partial charge in [0.2, 0.25) is 0 Å². The normalized spacial score (nSPS) is 11.0. The average molecular weight is 376 g/mol. The first kappa shape index (κ1) is 15.4. The van der Waals surface area contributed by atoms with Gasteiger partial charge in [-0.1, -0.05) is 40.7 Å². The quantitative estimate of drug-likeness (QED) is 0.484. The highest BCUT2D eigenvalue weighted by Gasteiger charge is 2.13. The highest BCUT2D eigenvalue weighted by Crippen LogP contribution is 2.26. The summed E-state index contributed by atoms with van der Waals surface area (Å²) < 4.78 is 7.16. The van der Waals surface area contributed by atoms with E-state index in [9.17, 15) is 0 Å². The van der Waals surface area contributed by atoms with E-state index in [-0.39, 0.29) is 0 Å². The number of halogens is 1. The summed E-state index contributed by atoms with van der Waals surface area (Å²) in [6, 6.07) is 11.4. The number of hydrogen-bond acceptors (Lipinski definition) is 7. The Labute approximate surface area is 150 Å². The van der Waals surface area contributed by atoms with Crippen LogP contribution in [0, 0.1) is 0 Å². The van der Waals surface area contributed by atoms with Crippen molar-refractivity contribution in [3.8, 4) is 16.5 Å². The molecule has 0 saturated heterocycles. The molecule has 0 unspecified atom stereocenters. The zero-order valence-electron chi connectivity index (χ0n) is 12.2. The van der Waals surface area contributed by atoms with Crippen LogP contribution in [0.4, 0.5) is 0 Å². The van der Waals surface area contributed by atoms with Gasteiger partial charge in [0.1, 0.15) is 6.33 Å². The van der Waals surface area contributed by atoms with E-state index in [0.717, 1.165) is 15.7 Å². The largest absolute Gasteiger partial charge is 0.333 e. The van der Waals surface area contributed by atoms with E-state index in [2.05, 4.69) is 20.3 Å². The molecule has 0 amide bonds. The van der Waals surface area contributed by atoms with Gasteiger partial charge in [0.25, 0.3) is 5.89 Å². The van der Waals surface area contributed by atoms with Crippen LogP contribution in [0.15, 0.2) is 57.8 Å². The molecule has 0 atom stereocenters. The molecule has 9 heteroatoms. The molecule has 4 aromatic rings. The second-order valence-electron chi connectivity index (χ2n) is 4.75. The van der Waals surface area contributed by atoms with Crippen molar-refractivity contribution in [2.45, 2.75) is 10.9 Å². The zero-order chi connectivity index (χ0) is 16.4.